The Bertz CT molecular complexity index is 914. The number of rotatable bonds is 8. The van der Waals surface area contributed by atoms with E-state index in [0.29, 0.717) is 12.4 Å². The Labute approximate surface area is 158 Å². The molecule has 0 saturated heterocycles. The average molecular weight is 394 g/mol. The van der Waals surface area contributed by atoms with E-state index < -0.39 is 21.7 Å². The molecule has 0 heterocycles. The van der Waals surface area contributed by atoms with Gasteiger partial charge in [0, 0.05) is 6.54 Å². The van der Waals surface area contributed by atoms with Crippen molar-refractivity contribution in [1.29, 1.82) is 0 Å². The molecule has 27 heavy (non-hydrogen) atoms. The summed E-state index contributed by atoms with van der Waals surface area (Å²) < 4.78 is 46.7. The Hall–Kier alpha value is -2.45. The van der Waals surface area contributed by atoms with Crippen LogP contribution in [0.4, 0.5) is 10.1 Å². The zero-order valence-corrected chi connectivity index (χ0v) is 16.3. The number of hydrogen-bond donors (Lipinski definition) is 2. The van der Waals surface area contributed by atoms with Gasteiger partial charge in [-0.2, -0.15) is 0 Å². The van der Waals surface area contributed by atoms with Crippen LogP contribution in [0.25, 0.3) is 0 Å². The van der Waals surface area contributed by atoms with Crippen LogP contribution in [0.5, 0.6) is 5.75 Å². The van der Waals surface area contributed by atoms with Gasteiger partial charge in [-0.3, -0.25) is 4.79 Å². The third-order valence-electron chi connectivity index (χ3n) is 3.61. The lowest BCUT2D eigenvalue weighted by atomic mass is 10.2. The number of halogens is 1. The zero-order chi connectivity index (χ0) is 20.0. The highest BCUT2D eigenvalue weighted by atomic mass is 32.2. The van der Waals surface area contributed by atoms with Gasteiger partial charge in [0.2, 0.25) is 10.0 Å². The minimum Gasteiger partial charge on any atom is -0.492 e. The number of ether oxygens (including phenoxy) is 1. The van der Waals surface area contributed by atoms with E-state index in [9.17, 15) is 17.6 Å². The Kier molecular flexibility index (Phi) is 6.92. The molecule has 2 N–H and O–H groups in total. The molecule has 0 spiro atoms. The molecule has 0 aliphatic rings. The van der Waals surface area contributed by atoms with E-state index in [0.717, 1.165) is 0 Å². The quantitative estimate of drug-likeness (QED) is 0.719. The lowest BCUT2D eigenvalue weighted by Crippen LogP contribution is -2.27. The number of sulfonamides is 1. The van der Waals surface area contributed by atoms with Crippen molar-refractivity contribution in [1.82, 2.24) is 4.72 Å². The van der Waals surface area contributed by atoms with E-state index >= 15 is 0 Å². The predicted octanol–water partition coefficient (Wildman–Crippen LogP) is 3.41. The van der Waals surface area contributed by atoms with Crippen molar-refractivity contribution in [2.45, 2.75) is 25.7 Å². The molecule has 0 aliphatic carbocycles. The normalized spacial score (nSPS) is 11.4. The minimum atomic E-state index is -3.75. The van der Waals surface area contributed by atoms with Crippen molar-refractivity contribution < 1.29 is 22.3 Å². The molecule has 8 heteroatoms. The van der Waals surface area contributed by atoms with Crippen LogP contribution in [0.3, 0.4) is 0 Å². The van der Waals surface area contributed by atoms with Gasteiger partial charge in [0.25, 0.3) is 5.91 Å². The average Bonchev–Trinajstić information content (AvgIpc) is 2.62. The first-order chi connectivity index (χ1) is 12.7. The van der Waals surface area contributed by atoms with Crippen molar-refractivity contribution >= 4 is 21.6 Å². The van der Waals surface area contributed by atoms with Gasteiger partial charge in [-0.15, -0.1) is 0 Å². The van der Waals surface area contributed by atoms with Crippen LogP contribution in [0.2, 0.25) is 0 Å². The maximum Gasteiger partial charge on any atom is 0.258 e. The summed E-state index contributed by atoms with van der Waals surface area (Å²) in [7, 11) is -3.75. The van der Waals surface area contributed by atoms with Crippen LogP contribution >= 0.6 is 0 Å². The summed E-state index contributed by atoms with van der Waals surface area (Å²) in [5.41, 5.74) is 0.00339. The Morgan fingerprint density at radius 2 is 1.89 bits per heavy atom. The van der Waals surface area contributed by atoms with Crippen molar-refractivity contribution in [3.05, 3.63) is 53.8 Å². The fourth-order valence-electron chi connectivity index (χ4n) is 2.25. The first-order valence-electron chi connectivity index (χ1n) is 8.57. The van der Waals surface area contributed by atoms with Gasteiger partial charge >= 0.3 is 0 Å². The lowest BCUT2D eigenvalue weighted by molar-refractivity contribution is 0.102. The summed E-state index contributed by atoms with van der Waals surface area (Å²) >= 11 is 0. The smallest absolute Gasteiger partial charge is 0.258 e. The highest BCUT2D eigenvalue weighted by Crippen LogP contribution is 2.28. The van der Waals surface area contributed by atoms with Gasteiger partial charge in [-0.1, -0.05) is 26.0 Å². The lowest BCUT2D eigenvalue weighted by Gasteiger charge is -2.14. The number of nitrogens with one attached hydrogen (secondary N) is 2. The predicted molar refractivity (Wildman–Crippen MR) is 102 cm³/mol. The summed E-state index contributed by atoms with van der Waals surface area (Å²) in [6, 6.07) is 9.69. The SMILES string of the molecule is CCOc1ccc(S(=O)(=O)NCC(C)C)cc1NC(=O)c1ccccc1F. The minimum absolute atomic E-state index is 0.0181. The number of carbonyl (C=O) groups is 1. The second-order valence-corrected chi connectivity index (χ2v) is 8.04. The van der Waals surface area contributed by atoms with Crippen LogP contribution in [-0.2, 0) is 10.0 Å². The third kappa shape index (κ3) is 5.51. The van der Waals surface area contributed by atoms with Crippen molar-refractivity contribution in [2.24, 2.45) is 5.92 Å². The van der Waals surface area contributed by atoms with E-state index in [-0.39, 0.29) is 28.6 Å². The van der Waals surface area contributed by atoms with E-state index in [1.54, 1.807) is 6.92 Å². The number of amides is 1. The molecule has 2 aromatic carbocycles. The summed E-state index contributed by atoms with van der Waals surface area (Å²) in [5, 5.41) is 2.53. The zero-order valence-electron chi connectivity index (χ0n) is 15.5. The number of carbonyl (C=O) groups excluding carboxylic acids is 1. The monoisotopic (exact) mass is 394 g/mol. The molecule has 0 unspecified atom stereocenters. The summed E-state index contributed by atoms with van der Waals surface area (Å²) in [5.74, 6) is -0.929. The first kappa shape index (κ1) is 20.9. The molecule has 146 valence electrons. The maximum atomic E-state index is 13.8. The Balaban J connectivity index is 2.35. The van der Waals surface area contributed by atoms with Crippen LogP contribution in [0, 0.1) is 11.7 Å². The number of benzene rings is 2. The van der Waals surface area contributed by atoms with Gasteiger partial charge in [0.1, 0.15) is 11.6 Å². The van der Waals surface area contributed by atoms with Gasteiger partial charge < -0.3 is 10.1 Å². The first-order valence-corrected chi connectivity index (χ1v) is 10.0. The Morgan fingerprint density at radius 3 is 2.52 bits per heavy atom. The highest BCUT2D eigenvalue weighted by Gasteiger charge is 2.19. The van der Waals surface area contributed by atoms with E-state index in [2.05, 4.69) is 10.0 Å². The standard InChI is InChI=1S/C19H23FN2O4S/c1-4-26-18-10-9-14(27(24,25)21-12-13(2)3)11-17(18)22-19(23)15-7-5-6-8-16(15)20/h5-11,13,21H,4,12H2,1-3H3,(H,22,23). The van der Waals surface area contributed by atoms with E-state index in [1.807, 2.05) is 13.8 Å². The molecule has 0 aromatic heterocycles. The maximum absolute atomic E-state index is 13.8. The fraction of sp³-hybridized carbons (Fsp3) is 0.316. The number of hydrogen-bond acceptors (Lipinski definition) is 4. The van der Waals surface area contributed by atoms with E-state index in [4.69, 9.17) is 4.74 Å². The molecule has 0 fully saturated rings. The molecule has 0 bridgehead atoms. The topological polar surface area (TPSA) is 84.5 Å². The van der Waals surface area contributed by atoms with Crippen molar-refractivity contribution in [2.75, 3.05) is 18.5 Å². The Morgan fingerprint density at radius 1 is 1.19 bits per heavy atom. The molecule has 0 saturated carbocycles. The van der Waals surface area contributed by atoms with Crippen LogP contribution in [0.1, 0.15) is 31.1 Å². The van der Waals surface area contributed by atoms with Gasteiger partial charge in [-0.05, 0) is 43.2 Å². The van der Waals surface area contributed by atoms with E-state index in [1.165, 1.54) is 42.5 Å². The largest absolute Gasteiger partial charge is 0.492 e. The van der Waals surface area contributed by atoms with Crippen molar-refractivity contribution in [3.8, 4) is 5.75 Å². The summed E-state index contributed by atoms with van der Waals surface area (Å²) in [4.78, 5) is 12.4. The highest BCUT2D eigenvalue weighted by molar-refractivity contribution is 7.89. The van der Waals surface area contributed by atoms with Crippen LogP contribution in [0.15, 0.2) is 47.4 Å². The molecule has 2 aromatic rings. The molecule has 1 amide bonds. The fourth-order valence-corrected chi connectivity index (χ4v) is 3.49. The number of anilines is 1. The van der Waals surface area contributed by atoms with Gasteiger partial charge in [0.15, 0.2) is 0 Å². The molecule has 0 aliphatic heterocycles. The molecular formula is C19H23FN2O4S. The molecule has 0 radical (unpaired) electrons. The molecule has 0 atom stereocenters. The van der Waals surface area contributed by atoms with Crippen LogP contribution in [-0.4, -0.2) is 27.5 Å². The second-order valence-electron chi connectivity index (χ2n) is 6.27. The molecular weight excluding hydrogens is 371 g/mol. The molecule has 6 nitrogen and oxygen atoms in total. The third-order valence-corrected chi connectivity index (χ3v) is 5.03. The summed E-state index contributed by atoms with van der Waals surface area (Å²) in [6.07, 6.45) is 0. The molecule has 2 rings (SSSR count). The second kappa shape index (κ2) is 8.96. The van der Waals surface area contributed by atoms with Crippen LogP contribution < -0.4 is 14.8 Å². The van der Waals surface area contributed by atoms with Gasteiger partial charge in [0.05, 0.1) is 22.8 Å². The summed E-state index contributed by atoms with van der Waals surface area (Å²) in [6.45, 7) is 6.14. The van der Waals surface area contributed by atoms with Gasteiger partial charge in [-0.25, -0.2) is 17.5 Å². The van der Waals surface area contributed by atoms with Crippen molar-refractivity contribution in [3.63, 3.8) is 0 Å².